The maximum absolute atomic E-state index is 11.4. The average Bonchev–Trinajstić information content (AvgIpc) is 2.73. The smallest absolute Gasteiger partial charge is 0.275 e. The lowest BCUT2D eigenvalue weighted by molar-refractivity contribution is -0.0316. The summed E-state index contributed by atoms with van der Waals surface area (Å²) in [5, 5.41) is 1.86. The zero-order chi connectivity index (χ0) is 12.2. The first-order valence-electron chi connectivity index (χ1n) is 5.21. The van der Waals surface area contributed by atoms with Gasteiger partial charge in [0.1, 0.15) is 0 Å². The van der Waals surface area contributed by atoms with Crippen LogP contribution in [0.4, 0.5) is 0 Å². The molecule has 16 heavy (non-hydrogen) atoms. The number of nitrogens with two attached hydrogens (primary N) is 1. The fraction of sp³-hybridized carbons (Fsp3) is 0.545. The lowest BCUT2D eigenvalue weighted by Gasteiger charge is -2.23. The van der Waals surface area contributed by atoms with E-state index in [0.717, 1.165) is 12.0 Å². The van der Waals surface area contributed by atoms with E-state index in [9.17, 15) is 4.79 Å². The number of hydrogen-bond acceptors (Lipinski definition) is 4. The molecule has 1 aromatic rings. The molecule has 0 radical (unpaired) electrons. The van der Waals surface area contributed by atoms with E-state index in [4.69, 9.17) is 10.6 Å². The van der Waals surface area contributed by atoms with Crippen molar-refractivity contribution in [3.63, 3.8) is 0 Å². The van der Waals surface area contributed by atoms with Gasteiger partial charge in [0.2, 0.25) is 0 Å². The van der Waals surface area contributed by atoms with E-state index >= 15 is 0 Å². The van der Waals surface area contributed by atoms with Gasteiger partial charge in [-0.15, -0.1) is 11.3 Å². The Kier molecular flexibility index (Phi) is 4.46. The van der Waals surface area contributed by atoms with Crippen LogP contribution in [0.3, 0.4) is 0 Å². The van der Waals surface area contributed by atoms with Crippen LogP contribution in [0.2, 0.25) is 0 Å². The first-order valence-corrected chi connectivity index (χ1v) is 6.09. The summed E-state index contributed by atoms with van der Waals surface area (Å²) in [7, 11) is 0. The highest BCUT2D eigenvalue weighted by Crippen LogP contribution is 2.21. The summed E-state index contributed by atoms with van der Waals surface area (Å²) in [4.78, 5) is 12.0. The molecule has 3 N–H and O–H groups in total. The number of ether oxygens (including phenoxy) is 1. The van der Waals surface area contributed by atoms with Crippen molar-refractivity contribution >= 4 is 17.2 Å². The molecule has 0 aromatic carbocycles. The highest BCUT2D eigenvalue weighted by molar-refractivity contribution is 7.12. The molecule has 0 aliphatic heterocycles. The topological polar surface area (TPSA) is 64.3 Å². The van der Waals surface area contributed by atoms with Crippen molar-refractivity contribution in [3.8, 4) is 0 Å². The number of carbonyl (C=O) groups is 1. The third-order valence-corrected chi connectivity index (χ3v) is 3.51. The van der Waals surface area contributed by atoms with Gasteiger partial charge in [-0.2, -0.15) is 0 Å². The Hall–Kier alpha value is -0.910. The van der Waals surface area contributed by atoms with Gasteiger partial charge in [-0.3, -0.25) is 10.2 Å². The number of nitrogens with one attached hydrogen (secondary N) is 1. The molecule has 1 amide bonds. The standard InChI is InChI=1S/C11H18N2O2S/c1-4-11(2,3)15-7-8-5-6-16-9(8)10(14)13-12/h5-6H,4,7,12H2,1-3H3,(H,13,14). The number of hydrazine groups is 1. The van der Waals surface area contributed by atoms with Crippen LogP contribution in [0.25, 0.3) is 0 Å². The van der Waals surface area contributed by atoms with E-state index in [0.29, 0.717) is 11.5 Å². The van der Waals surface area contributed by atoms with Crippen LogP contribution in [-0.2, 0) is 11.3 Å². The molecule has 0 aliphatic rings. The summed E-state index contributed by atoms with van der Waals surface area (Å²) < 4.78 is 5.74. The fourth-order valence-electron chi connectivity index (χ4n) is 1.09. The summed E-state index contributed by atoms with van der Waals surface area (Å²) in [6.07, 6.45) is 0.926. The Bertz CT molecular complexity index is 361. The minimum absolute atomic E-state index is 0.168. The Labute approximate surface area is 99.8 Å². The number of nitrogen functional groups attached to an aromatic ring is 1. The lowest BCUT2D eigenvalue weighted by Crippen LogP contribution is -2.30. The molecule has 0 bridgehead atoms. The zero-order valence-corrected chi connectivity index (χ0v) is 10.7. The molecule has 0 unspecified atom stereocenters. The van der Waals surface area contributed by atoms with Crippen molar-refractivity contribution in [1.82, 2.24) is 5.43 Å². The van der Waals surface area contributed by atoms with E-state index in [1.54, 1.807) is 0 Å². The minimum atomic E-state index is -0.261. The summed E-state index contributed by atoms with van der Waals surface area (Å²) in [6.45, 7) is 6.57. The summed E-state index contributed by atoms with van der Waals surface area (Å²) in [5.41, 5.74) is 2.85. The number of hydrogen-bond donors (Lipinski definition) is 2. The Morgan fingerprint density at radius 3 is 2.88 bits per heavy atom. The Morgan fingerprint density at radius 2 is 2.31 bits per heavy atom. The number of amides is 1. The number of rotatable bonds is 5. The molecule has 5 heteroatoms. The first kappa shape index (κ1) is 13.2. The number of carbonyl (C=O) groups excluding carboxylic acids is 1. The van der Waals surface area contributed by atoms with Crippen LogP contribution in [-0.4, -0.2) is 11.5 Å². The summed E-state index contributed by atoms with van der Waals surface area (Å²) in [6, 6.07) is 1.89. The van der Waals surface area contributed by atoms with Gasteiger partial charge in [-0.1, -0.05) is 6.92 Å². The lowest BCUT2D eigenvalue weighted by atomic mass is 10.1. The van der Waals surface area contributed by atoms with Crippen LogP contribution < -0.4 is 11.3 Å². The van der Waals surface area contributed by atoms with Crippen molar-refractivity contribution < 1.29 is 9.53 Å². The predicted octanol–water partition coefficient (Wildman–Crippen LogP) is 2.06. The van der Waals surface area contributed by atoms with Gasteiger partial charge >= 0.3 is 0 Å². The number of thiophene rings is 1. The van der Waals surface area contributed by atoms with Gasteiger partial charge in [0.15, 0.2) is 0 Å². The second-order valence-electron chi connectivity index (χ2n) is 4.15. The zero-order valence-electron chi connectivity index (χ0n) is 9.87. The molecular formula is C11H18N2O2S. The molecule has 90 valence electrons. The highest BCUT2D eigenvalue weighted by atomic mass is 32.1. The molecule has 1 heterocycles. The monoisotopic (exact) mass is 242 g/mol. The van der Waals surface area contributed by atoms with Gasteiger partial charge in [0, 0.05) is 5.56 Å². The normalized spacial score (nSPS) is 11.5. The molecule has 4 nitrogen and oxygen atoms in total. The van der Waals surface area contributed by atoms with Crippen molar-refractivity contribution in [2.24, 2.45) is 5.84 Å². The fourth-order valence-corrected chi connectivity index (χ4v) is 1.90. The molecule has 0 spiro atoms. The summed E-state index contributed by atoms with van der Waals surface area (Å²) >= 11 is 1.37. The van der Waals surface area contributed by atoms with Gasteiger partial charge < -0.3 is 4.74 Å². The maximum Gasteiger partial charge on any atom is 0.275 e. The second kappa shape index (κ2) is 5.43. The van der Waals surface area contributed by atoms with Gasteiger partial charge in [0.25, 0.3) is 5.91 Å². The van der Waals surface area contributed by atoms with Crippen LogP contribution in [0.15, 0.2) is 11.4 Å². The second-order valence-corrected chi connectivity index (χ2v) is 5.07. The van der Waals surface area contributed by atoms with Crippen molar-refractivity contribution in [2.45, 2.75) is 39.4 Å². The molecule has 0 atom stereocenters. The minimum Gasteiger partial charge on any atom is -0.371 e. The maximum atomic E-state index is 11.4. The van der Waals surface area contributed by atoms with Crippen LogP contribution >= 0.6 is 11.3 Å². The molecule has 0 saturated heterocycles. The Morgan fingerprint density at radius 1 is 1.62 bits per heavy atom. The SMILES string of the molecule is CCC(C)(C)OCc1ccsc1C(=O)NN. The molecule has 1 rings (SSSR count). The van der Waals surface area contributed by atoms with E-state index in [1.807, 2.05) is 25.3 Å². The van der Waals surface area contributed by atoms with Crippen LogP contribution in [0, 0.1) is 0 Å². The van der Waals surface area contributed by atoms with E-state index < -0.39 is 0 Å². The third-order valence-electron chi connectivity index (χ3n) is 2.55. The van der Waals surface area contributed by atoms with E-state index in [-0.39, 0.29) is 11.5 Å². The van der Waals surface area contributed by atoms with Gasteiger partial charge in [0.05, 0.1) is 17.1 Å². The third kappa shape index (κ3) is 3.30. The average molecular weight is 242 g/mol. The predicted molar refractivity (Wildman–Crippen MR) is 65.1 cm³/mol. The van der Waals surface area contributed by atoms with Gasteiger partial charge in [-0.25, -0.2) is 5.84 Å². The van der Waals surface area contributed by atoms with Crippen molar-refractivity contribution in [1.29, 1.82) is 0 Å². The largest absolute Gasteiger partial charge is 0.371 e. The summed E-state index contributed by atoms with van der Waals surface area (Å²) in [5.74, 6) is 4.85. The van der Waals surface area contributed by atoms with Gasteiger partial charge in [-0.05, 0) is 31.7 Å². The molecular weight excluding hydrogens is 224 g/mol. The first-order chi connectivity index (χ1) is 7.50. The molecule has 1 aromatic heterocycles. The van der Waals surface area contributed by atoms with E-state index in [2.05, 4.69) is 12.3 Å². The van der Waals surface area contributed by atoms with Crippen molar-refractivity contribution in [3.05, 3.63) is 21.9 Å². The van der Waals surface area contributed by atoms with Crippen LogP contribution in [0.5, 0.6) is 0 Å². The highest BCUT2D eigenvalue weighted by Gasteiger charge is 2.18. The van der Waals surface area contributed by atoms with Crippen molar-refractivity contribution in [2.75, 3.05) is 0 Å². The molecule has 0 aliphatic carbocycles. The van der Waals surface area contributed by atoms with E-state index in [1.165, 1.54) is 11.3 Å². The quantitative estimate of drug-likeness (QED) is 0.472. The molecule has 0 saturated carbocycles. The molecule has 0 fully saturated rings. The Balaban J connectivity index is 2.68. The van der Waals surface area contributed by atoms with Crippen LogP contribution in [0.1, 0.15) is 42.4 Å².